The van der Waals surface area contributed by atoms with Crippen LogP contribution >= 0.6 is 24.0 Å². The summed E-state index contributed by atoms with van der Waals surface area (Å²) >= 11 is 0. The van der Waals surface area contributed by atoms with Gasteiger partial charge in [0.05, 0.1) is 11.1 Å². The molecule has 33 heavy (non-hydrogen) atoms. The van der Waals surface area contributed by atoms with Crippen molar-refractivity contribution in [2.45, 2.75) is 26.2 Å². The zero-order valence-electron chi connectivity index (χ0n) is 19.0. The lowest BCUT2D eigenvalue weighted by molar-refractivity contribution is 0.0652. The van der Waals surface area contributed by atoms with E-state index in [1.165, 1.54) is 26.9 Å². The molecule has 0 spiro atoms. The normalized spacial score (nSPS) is 13.3. The molecule has 2 amide bonds. The number of guanidine groups is 1. The van der Waals surface area contributed by atoms with E-state index in [0.717, 1.165) is 38.3 Å². The third-order valence-electron chi connectivity index (χ3n) is 5.89. The van der Waals surface area contributed by atoms with Crippen LogP contribution in [0.1, 0.15) is 44.7 Å². The molecule has 0 atom stereocenters. The number of nitrogens with one attached hydrogen (secondary N) is 3. The van der Waals surface area contributed by atoms with E-state index >= 15 is 0 Å². The predicted molar refractivity (Wildman–Crippen MR) is 143 cm³/mol. The lowest BCUT2D eigenvalue weighted by Gasteiger charge is -2.15. The Morgan fingerprint density at radius 3 is 2.36 bits per heavy atom. The number of imide groups is 1. The number of carbonyl (C=O) groups excluding carboxylic acids is 2. The number of halogens is 1. The van der Waals surface area contributed by atoms with Crippen LogP contribution in [0.25, 0.3) is 10.9 Å². The number of nitrogens with zero attached hydrogens (tertiary/aromatic N) is 2. The molecule has 0 unspecified atom stereocenters. The van der Waals surface area contributed by atoms with E-state index in [1.54, 1.807) is 31.3 Å². The fraction of sp³-hybridized carbons (Fsp3) is 0.320. The van der Waals surface area contributed by atoms with Gasteiger partial charge in [-0.05, 0) is 55.5 Å². The fourth-order valence-electron chi connectivity index (χ4n) is 4.23. The van der Waals surface area contributed by atoms with Crippen LogP contribution in [0.5, 0.6) is 0 Å². The Morgan fingerprint density at radius 1 is 0.970 bits per heavy atom. The summed E-state index contributed by atoms with van der Waals surface area (Å²) in [4.78, 5) is 33.8. The molecule has 1 aliphatic rings. The number of aromatic amines is 1. The highest BCUT2D eigenvalue weighted by atomic mass is 127. The Kier molecular flexibility index (Phi) is 8.49. The maximum Gasteiger partial charge on any atom is 0.261 e. The van der Waals surface area contributed by atoms with Crippen molar-refractivity contribution in [1.82, 2.24) is 20.5 Å². The summed E-state index contributed by atoms with van der Waals surface area (Å²) < 4.78 is 0. The first-order chi connectivity index (χ1) is 15.6. The van der Waals surface area contributed by atoms with Crippen molar-refractivity contribution in [3.8, 4) is 0 Å². The molecule has 0 saturated carbocycles. The second-order valence-corrected chi connectivity index (χ2v) is 8.00. The van der Waals surface area contributed by atoms with Crippen molar-refractivity contribution in [3.63, 3.8) is 0 Å². The van der Waals surface area contributed by atoms with Crippen molar-refractivity contribution < 1.29 is 9.59 Å². The van der Waals surface area contributed by atoms with Crippen molar-refractivity contribution in [2.75, 3.05) is 26.7 Å². The van der Waals surface area contributed by atoms with E-state index in [2.05, 4.69) is 51.9 Å². The Morgan fingerprint density at radius 2 is 1.67 bits per heavy atom. The van der Waals surface area contributed by atoms with Crippen LogP contribution in [0.4, 0.5) is 0 Å². The minimum absolute atomic E-state index is 0. The molecular weight excluding hydrogens is 529 g/mol. The minimum Gasteiger partial charge on any atom is -0.361 e. The molecule has 8 heteroatoms. The quantitative estimate of drug-likeness (QED) is 0.129. The Bertz CT molecular complexity index is 1140. The lowest BCUT2D eigenvalue weighted by Crippen LogP contribution is -2.39. The summed E-state index contributed by atoms with van der Waals surface area (Å²) in [7, 11) is 1.75. The van der Waals surface area contributed by atoms with Crippen molar-refractivity contribution in [3.05, 3.63) is 70.9 Å². The largest absolute Gasteiger partial charge is 0.361 e. The number of amides is 2. The lowest BCUT2D eigenvalue weighted by atomic mass is 10.1. The number of hydrogen-bond acceptors (Lipinski definition) is 3. The zero-order valence-corrected chi connectivity index (χ0v) is 21.3. The van der Waals surface area contributed by atoms with Crippen LogP contribution < -0.4 is 10.6 Å². The second kappa shape index (κ2) is 11.3. The highest BCUT2D eigenvalue weighted by Crippen LogP contribution is 2.23. The van der Waals surface area contributed by atoms with E-state index in [1.807, 2.05) is 0 Å². The summed E-state index contributed by atoms with van der Waals surface area (Å²) in [6.45, 7) is 4.06. The second-order valence-electron chi connectivity index (χ2n) is 8.00. The molecule has 0 saturated heterocycles. The van der Waals surface area contributed by atoms with Crippen LogP contribution in [0, 0.1) is 6.92 Å². The molecule has 1 aliphatic heterocycles. The van der Waals surface area contributed by atoms with Gasteiger partial charge in [-0.3, -0.25) is 19.5 Å². The van der Waals surface area contributed by atoms with Crippen LogP contribution in [0.3, 0.4) is 0 Å². The van der Waals surface area contributed by atoms with Crippen molar-refractivity contribution in [1.29, 1.82) is 0 Å². The molecule has 4 rings (SSSR count). The molecule has 174 valence electrons. The first-order valence-corrected chi connectivity index (χ1v) is 11.1. The van der Waals surface area contributed by atoms with E-state index in [4.69, 9.17) is 0 Å². The number of aliphatic imine (C=N–C) groups is 1. The van der Waals surface area contributed by atoms with Gasteiger partial charge in [-0.15, -0.1) is 24.0 Å². The summed E-state index contributed by atoms with van der Waals surface area (Å²) in [5, 5.41) is 7.96. The molecule has 3 N–H and O–H groups in total. The van der Waals surface area contributed by atoms with Gasteiger partial charge in [0.15, 0.2) is 5.96 Å². The highest BCUT2D eigenvalue weighted by molar-refractivity contribution is 14.0. The number of unbranched alkanes of at least 4 members (excludes halogenated alkanes) is 1. The molecule has 0 fully saturated rings. The maximum absolute atomic E-state index is 12.4. The molecule has 0 bridgehead atoms. The molecule has 0 aliphatic carbocycles. The average Bonchev–Trinajstić information content (AvgIpc) is 3.33. The monoisotopic (exact) mass is 559 g/mol. The van der Waals surface area contributed by atoms with Crippen LogP contribution in [0.15, 0.2) is 53.7 Å². The maximum atomic E-state index is 12.4. The summed E-state index contributed by atoms with van der Waals surface area (Å²) in [6, 6.07) is 13.3. The number of H-pyrrole nitrogens is 1. The van der Waals surface area contributed by atoms with Gasteiger partial charge in [0.25, 0.3) is 11.8 Å². The average molecular weight is 559 g/mol. The van der Waals surface area contributed by atoms with E-state index < -0.39 is 0 Å². The number of hydrogen-bond donors (Lipinski definition) is 3. The van der Waals surface area contributed by atoms with Gasteiger partial charge in [0.1, 0.15) is 0 Å². The smallest absolute Gasteiger partial charge is 0.261 e. The molecule has 3 aromatic rings. The van der Waals surface area contributed by atoms with Gasteiger partial charge in [-0.1, -0.05) is 24.3 Å². The number of carbonyl (C=O) groups is 2. The molecule has 7 nitrogen and oxygen atoms in total. The third kappa shape index (κ3) is 5.38. The SMILES string of the molecule is CN=C(NCCCCN1C(=O)c2ccccc2C1=O)NCCc1c[nH]c2cccc(C)c12.I. The molecule has 1 aromatic heterocycles. The van der Waals surface area contributed by atoms with Gasteiger partial charge in [0, 0.05) is 43.8 Å². The van der Waals surface area contributed by atoms with Gasteiger partial charge in [-0.2, -0.15) is 0 Å². The number of aryl methyl sites for hydroxylation is 1. The van der Waals surface area contributed by atoms with Gasteiger partial charge >= 0.3 is 0 Å². The van der Waals surface area contributed by atoms with Gasteiger partial charge in [0.2, 0.25) is 0 Å². The Labute approximate surface area is 211 Å². The first-order valence-electron chi connectivity index (χ1n) is 11.1. The van der Waals surface area contributed by atoms with Gasteiger partial charge < -0.3 is 15.6 Å². The third-order valence-corrected chi connectivity index (χ3v) is 5.89. The zero-order chi connectivity index (χ0) is 22.5. The minimum atomic E-state index is -0.191. The summed E-state index contributed by atoms with van der Waals surface area (Å²) in [5.74, 6) is 0.370. The van der Waals surface area contributed by atoms with E-state index in [9.17, 15) is 9.59 Å². The van der Waals surface area contributed by atoms with E-state index in [0.29, 0.717) is 17.7 Å². The molecule has 2 aromatic carbocycles. The first kappa shape index (κ1) is 24.8. The van der Waals surface area contributed by atoms with Crippen LogP contribution in [-0.4, -0.2) is 54.3 Å². The molecular formula is C25H30IN5O2. The number of fused-ring (bicyclic) bond motifs is 2. The summed E-state index contributed by atoms with van der Waals surface area (Å²) in [5.41, 5.74) is 4.75. The summed E-state index contributed by atoms with van der Waals surface area (Å²) in [6.07, 6.45) is 4.54. The topological polar surface area (TPSA) is 89.6 Å². The predicted octanol–water partition coefficient (Wildman–Crippen LogP) is 3.88. The Hall–Kier alpha value is -2.88. The molecule has 2 heterocycles. The highest BCUT2D eigenvalue weighted by Gasteiger charge is 2.34. The van der Waals surface area contributed by atoms with E-state index in [-0.39, 0.29) is 35.8 Å². The van der Waals surface area contributed by atoms with Crippen LogP contribution in [0.2, 0.25) is 0 Å². The number of rotatable bonds is 8. The number of aromatic nitrogens is 1. The molecule has 0 radical (unpaired) electrons. The number of benzene rings is 2. The fourth-order valence-corrected chi connectivity index (χ4v) is 4.23. The van der Waals surface area contributed by atoms with Crippen molar-refractivity contribution >= 4 is 52.7 Å². The standard InChI is InChI=1S/C25H29N5O2.HI/c1-17-8-7-11-21-22(17)18(16-29-21)12-14-28-25(26-2)27-13-5-6-15-30-23(31)19-9-3-4-10-20(19)24(30)32;/h3-4,7-11,16,29H,5-6,12-15H2,1-2H3,(H2,26,27,28);1H. The Balaban J connectivity index is 0.00000306. The van der Waals surface area contributed by atoms with Crippen LogP contribution in [-0.2, 0) is 6.42 Å². The van der Waals surface area contributed by atoms with Crippen molar-refractivity contribution in [2.24, 2.45) is 4.99 Å². The van der Waals surface area contributed by atoms with Gasteiger partial charge in [-0.25, -0.2) is 0 Å².